The van der Waals surface area contributed by atoms with Crippen molar-refractivity contribution in [1.82, 2.24) is 19.4 Å². The van der Waals surface area contributed by atoms with Gasteiger partial charge < -0.3 is 43.5 Å². The van der Waals surface area contributed by atoms with E-state index in [0.717, 1.165) is 77.7 Å². The predicted molar refractivity (Wildman–Crippen MR) is 197 cm³/mol. The highest BCUT2D eigenvalue weighted by molar-refractivity contribution is 7.56. The zero-order valence-corrected chi connectivity index (χ0v) is 30.9. The summed E-state index contributed by atoms with van der Waals surface area (Å²) in [5, 5.41) is 8.82. The average Bonchev–Trinajstić information content (AvgIpc) is 3.47. The summed E-state index contributed by atoms with van der Waals surface area (Å²) in [4.78, 5) is 14.7. The molecular formula is C34H50N7O4PSi. The van der Waals surface area contributed by atoms with E-state index in [9.17, 15) is 0 Å². The molecule has 13 heteroatoms. The smallest absolute Gasteiger partial charge is 0.231 e. The Morgan fingerprint density at radius 2 is 1.70 bits per heavy atom. The normalized spacial score (nSPS) is 14.4. The molecule has 0 bridgehead atoms. The van der Waals surface area contributed by atoms with Gasteiger partial charge in [-0.1, -0.05) is 31.8 Å². The summed E-state index contributed by atoms with van der Waals surface area (Å²) >= 11 is 0. The van der Waals surface area contributed by atoms with E-state index in [-0.39, 0.29) is 0 Å². The van der Waals surface area contributed by atoms with Gasteiger partial charge in [-0.25, -0.2) is 0 Å². The molecule has 0 aliphatic carbocycles. The Hall–Kier alpha value is -3.25. The monoisotopic (exact) mass is 679 g/mol. The van der Waals surface area contributed by atoms with Gasteiger partial charge in [0.2, 0.25) is 14.3 Å². The van der Waals surface area contributed by atoms with Crippen molar-refractivity contribution >= 4 is 61.6 Å². The largest absolute Gasteiger partial charge is 0.495 e. The molecule has 2 N–H and O–H groups in total. The number of nitrogens with zero attached hydrogens (tertiary/aromatic N) is 5. The second-order valence-corrected chi connectivity index (χ2v) is 20.6. The summed E-state index contributed by atoms with van der Waals surface area (Å²) in [6.07, 6.45) is 4.26. The van der Waals surface area contributed by atoms with Crippen LogP contribution in [0.2, 0.25) is 25.7 Å². The van der Waals surface area contributed by atoms with Gasteiger partial charge in [0.05, 0.1) is 29.2 Å². The lowest BCUT2D eigenvalue weighted by molar-refractivity contribution is 0.0899. The first-order chi connectivity index (χ1) is 22.6. The van der Waals surface area contributed by atoms with E-state index in [1.807, 2.05) is 47.2 Å². The lowest BCUT2D eigenvalue weighted by atomic mass is 10.0. The van der Waals surface area contributed by atoms with Crippen molar-refractivity contribution < 1.29 is 18.5 Å². The standard InChI is InChI=1S/C34H50N7O4PSi/c1-39(2)26-15-18-40(19-16-26)29-14-13-25(23-30(29)42-3)35-34-37-32(36-28-11-9-10-12-31(28)46(43-4)44-5)27-17-20-41(33(27)38-34)24-45-21-22-47(6,7)8/h9-14,17,20,23,26H,15-16,18-19,21-22,24H2,1-8H3,(H2,35,36,37,38). The maximum Gasteiger partial charge on any atom is 0.231 e. The quantitative estimate of drug-likeness (QED) is 0.0777. The van der Waals surface area contributed by atoms with Gasteiger partial charge >= 0.3 is 0 Å². The number of fused-ring (bicyclic) bond motifs is 1. The van der Waals surface area contributed by atoms with E-state index in [4.69, 9.17) is 28.5 Å². The number of nitrogens with one attached hydrogen (secondary N) is 2. The van der Waals surface area contributed by atoms with E-state index >= 15 is 0 Å². The van der Waals surface area contributed by atoms with Gasteiger partial charge in [0.25, 0.3) is 0 Å². The molecule has 1 aliphatic rings. The maximum atomic E-state index is 6.12. The van der Waals surface area contributed by atoms with Crippen LogP contribution in [-0.4, -0.2) is 88.7 Å². The van der Waals surface area contributed by atoms with Crippen molar-refractivity contribution in [3.8, 4) is 5.75 Å². The fourth-order valence-corrected chi connectivity index (χ4v) is 7.60. The van der Waals surface area contributed by atoms with Crippen molar-refractivity contribution in [2.24, 2.45) is 0 Å². The van der Waals surface area contributed by atoms with Crippen LogP contribution in [0, 0.1) is 0 Å². The van der Waals surface area contributed by atoms with Crippen molar-refractivity contribution in [1.29, 1.82) is 0 Å². The Balaban J connectivity index is 1.45. The first-order valence-corrected chi connectivity index (χ1v) is 21.0. The summed E-state index contributed by atoms with van der Waals surface area (Å²) in [5.74, 6) is 1.94. The molecule has 0 radical (unpaired) electrons. The number of piperidine rings is 1. The molecule has 1 saturated heterocycles. The summed E-state index contributed by atoms with van der Waals surface area (Å²) in [7, 11) is 6.90. The molecule has 1 aliphatic heterocycles. The van der Waals surface area contributed by atoms with Crippen molar-refractivity contribution in [3.05, 3.63) is 54.7 Å². The third kappa shape index (κ3) is 8.81. The molecule has 1 fully saturated rings. The molecule has 0 unspecified atom stereocenters. The average molecular weight is 680 g/mol. The van der Waals surface area contributed by atoms with Gasteiger partial charge in [0.15, 0.2) is 0 Å². The molecule has 4 aromatic rings. The number of hydrogen-bond donors (Lipinski definition) is 2. The molecule has 254 valence electrons. The molecule has 0 saturated carbocycles. The van der Waals surface area contributed by atoms with Crippen LogP contribution >= 0.6 is 8.38 Å². The Labute approximate surface area is 281 Å². The van der Waals surface area contributed by atoms with Crippen LogP contribution in [0.15, 0.2) is 54.7 Å². The third-order valence-electron chi connectivity index (χ3n) is 8.50. The SMILES string of the molecule is COc1cc(Nc2nc(Nc3ccccc3P(OC)OC)c3ccn(COCC[Si](C)(C)C)c3n2)ccc1N1CCC(N(C)C)CC1. The molecule has 2 aromatic heterocycles. The van der Waals surface area contributed by atoms with Crippen LogP contribution in [0.25, 0.3) is 11.0 Å². The molecule has 5 rings (SSSR count). The zero-order chi connectivity index (χ0) is 33.6. The number of anilines is 5. The maximum absolute atomic E-state index is 6.12. The zero-order valence-electron chi connectivity index (χ0n) is 29.0. The van der Waals surface area contributed by atoms with Crippen molar-refractivity contribution in [2.75, 3.05) is 70.7 Å². The Morgan fingerprint density at radius 3 is 2.38 bits per heavy atom. The van der Waals surface area contributed by atoms with E-state index in [2.05, 4.69) is 66.3 Å². The lowest BCUT2D eigenvalue weighted by Gasteiger charge is -2.37. The van der Waals surface area contributed by atoms with Crippen LogP contribution < -0.4 is 25.6 Å². The van der Waals surface area contributed by atoms with Crippen LogP contribution in [0.5, 0.6) is 5.75 Å². The summed E-state index contributed by atoms with van der Waals surface area (Å²) in [5.41, 5.74) is 3.56. The molecule has 0 amide bonds. The number of benzene rings is 2. The van der Waals surface area contributed by atoms with Gasteiger partial charge in [0.1, 0.15) is 23.9 Å². The van der Waals surface area contributed by atoms with Gasteiger partial charge in [-0.3, -0.25) is 0 Å². The highest BCUT2D eigenvalue weighted by Crippen LogP contribution is 2.39. The van der Waals surface area contributed by atoms with Crippen molar-refractivity contribution in [3.63, 3.8) is 0 Å². The molecule has 0 atom stereocenters. The minimum atomic E-state index is -1.26. The molecular weight excluding hydrogens is 629 g/mol. The fraction of sp³-hybridized carbons (Fsp3) is 0.471. The first kappa shape index (κ1) is 35.1. The predicted octanol–water partition coefficient (Wildman–Crippen LogP) is 7.00. The highest BCUT2D eigenvalue weighted by Gasteiger charge is 2.23. The van der Waals surface area contributed by atoms with Gasteiger partial charge in [0, 0.05) is 66.0 Å². The van der Waals surface area contributed by atoms with Gasteiger partial charge in [-0.05, 0) is 63.3 Å². The number of methoxy groups -OCH3 is 1. The van der Waals surface area contributed by atoms with E-state index in [1.165, 1.54) is 0 Å². The topological polar surface area (TPSA) is 98.2 Å². The molecule has 47 heavy (non-hydrogen) atoms. The van der Waals surface area contributed by atoms with Crippen LogP contribution in [-0.2, 0) is 20.5 Å². The second kappa shape index (κ2) is 15.8. The Kier molecular flexibility index (Phi) is 11.8. The molecule has 0 spiro atoms. The van der Waals surface area contributed by atoms with Gasteiger partial charge in [-0.15, -0.1) is 0 Å². The van der Waals surface area contributed by atoms with E-state index in [0.29, 0.717) is 24.5 Å². The van der Waals surface area contributed by atoms with Crippen molar-refractivity contribution in [2.45, 2.75) is 51.3 Å². The minimum Gasteiger partial charge on any atom is -0.495 e. The summed E-state index contributed by atoms with van der Waals surface area (Å²) in [6.45, 7) is 10.2. The Morgan fingerprint density at radius 1 is 0.957 bits per heavy atom. The lowest BCUT2D eigenvalue weighted by Crippen LogP contribution is -2.42. The number of aromatic nitrogens is 3. The summed E-state index contributed by atoms with van der Waals surface area (Å²) in [6, 6.07) is 17.9. The fourth-order valence-electron chi connectivity index (χ4n) is 5.77. The third-order valence-corrected chi connectivity index (χ3v) is 11.7. The second-order valence-electron chi connectivity index (χ2n) is 13.2. The minimum absolute atomic E-state index is 0.409. The number of rotatable bonds is 15. The van der Waals surface area contributed by atoms with E-state index in [1.54, 1.807) is 21.3 Å². The number of ether oxygens (including phenoxy) is 2. The molecule has 2 aromatic carbocycles. The number of para-hydroxylation sites is 1. The van der Waals surface area contributed by atoms with Crippen LogP contribution in [0.4, 0.5) is 28.8 Å². The van der Waals surface area contributed by atoms with Gasteiger partial charge in [-0.2, -0.15) is 9.97 Å². The first-order valence-electron chi connectivity index (χ1n) is 16.2. The molecule has 3 heterocycles. The summed E-state index contributed by atoms with van der Waals surface area (Å²) < 4.78 is 25.3. The van der Waals surface area contributed by atoms with E-state index < -0.39 is 16.4 Å². The highest BCUT2D eigenvalue weighted by atomic mass is 31.2. The van der Waals surface area contributed by atoms with Crippen LogP contribution in [0.1, 0.15) is 12.8 Å². The number of hydrogen-bond acceptors (Lipinski definition) is 10. The molecule has 11 nitrogen and oxygen atoms in total. The Bertz CT molecular complexity index is 1620. The van der Waals surface area contributed by atoms with Crippen LogP contribution in [0.3, 0.4) is 0 Å².